The van der Waals surface area contributed by atoms with Crippen LogP contribution in [0, 0.1) is 11.7 Å². The van der Waals surface area contributed by atoms with Crippen molar-refractivity contribution in [2.24, 2.45) is 5.92 Å². The summed E-state index contributed by atoms with van der Waals surface area (Å²) in [6, 6.07) is 13.2. The molecule has 0 aliphatic heterocycles. The van der Waals surface area contributed by atoms with Crippen LogP contribution in [0.5, 0.6) is 0 Å². The van der Waals surface area contributed by atoms with Crippen molar-refractivity contribution in [1.29, 1.82) is 0 Å². The molecular weight excluding hydrogens is 349 g/mol. The van der Waals surface area contributed by atoms with Gasteiger partial charge in [-0.25, -0.2) is 17.5 Å². The van der Waals surface area contributed by atoms with Gasteiger partial charge < -0.3 is 0 Å². The molecule has 0 unspecified atom stereocenters. The van der Waals surface area contributed by atoms with Gasteiger partial charge in [0.15, 0.2) is 0 Å². The Morgan fingerprint density at radius 1 is 1.08 bits per heavy atom. The first-order valence-corrected chi connectivity index (χ1v) is 9.79. The van der Waals surface area contributed by atoms with Gasteiger partial charge in [-0.05, 0) is 30.0 Å². The van der Waals surface area contributed by atoms with E-state index in [1.165, 1.54) is 18.2 Å². The predicted octanol–water partition coefficient (Wildman–Crippen LogP) is 4.69. The average Bonchev–Trinajstić information content (AvgIpc) is 2.51. The maximum absolute atomic E-state index is 13.9. The third-order valence-corrected chi connectivity index (χ3v) is 5.29. The molecule has 0 heterocycles. The normalized spacial score (nSPS) is 13.2. The summed E-state index contributed by atoms with van der Waals surface area (Å²) in [4.78, 5) is 0. The first-order chi connectivity index (χ1) is 11.3. The first kappa shape index (κ1) is 18.9. The molecular formula is C18H21ClFNO2S. The molecule has 0 aromatic heterocycles. The second-order valence-corrected chi connectivity index (χ2v) is 8.33. The number of hydrogen-bond acceptors (Lipinski definition) is 2. The van der Waals surface area contributed by atoms with Gasteiger partial charge in [-0.3, -0.25) is 0 Å². The van der Waals surface area contributed by atoms with E-state index in [0.717, 1.165) is 5.56 Å². The van der Waals surface area contributed by atoms with E-state index < -0.39 is 21.6 Å². The predicted molar refractivity (Wildman–Crippen MR) is 95.8 cm³/mol. The lowest BCUT2D eigenvalue weighted by molar-refractivity contribution is 0.471. The average molecular weight is 370 g/mol. The fraction of sp³-hybridized carbons (Fsp3) is 0.333. The van der Waals surface area contributed by atoms with Gasteiger partial charge in [-0.15, -0.1) is 0 Å². The third-order valence-electron chi connectivity index (χ3n) is 3.63. The fourth-order valence-corrected chi connectivity index (χ4v) is 4.26. The summed E-state index contributed by atoms with van der Waals surface area (Å²) in [5.41, 5.74) is 0.873. The lowest BCUT2D eigenvalue weighted by atomic mass is 9.98. The number of halogens is 2. The van der Waals surface area contributed by atoms with Crippen LogP contribution in [-0.4, -0.2) is 8.42 Å². The van der Waals surface area contributed by atoms with Gasteiger partial charge in [0.2, 0.25) is 10.0 Å². The minimum Gasteiger partial charge on any atom is -0.212 e. The van der Waals surface area contributed by atoms with Crippen molar-refractivity contribution < 1.29 is 12.8 Å². The molecule has 130 valence electrons. The minimum absolute atomic E-state index is 0.0111. The minimum atomic E-state index is -3.75. The Bertz CT molecular complexity index is 759. The van der Waals surface area contributed by atoms with E-state index in [4.69, 9.17) is 11.6 Å². The van der Waals surface area contributed by atoms with Gasteiger partial charge in [0.05, 0.1) is 5.75 Å². The monoisotopic (exact) mass is 369 g/mol. The van der Waals surface area contributed by atoms with Crippen molar-refractivity contribution in [2.45, 2.75) is 32.1 Å². The maximum Gasteiger partial charge on any atom is 0.216 e. The van der Waals surface area contributed by atoms with Crippen molar-refractivity contribution in [2.75, 3.05) is 0 Å². The van der Waals surface area contributed by atoms with Gasteiger partial charge in [0.1, 0.15) is 5.82 Å². The second-order valence-electron chi connectivity index (χ2n) is 6.17. The summed E-state index contributed by atoms with van der Waals surface area (Å²) >= 11 is 5.94. The van der Waals surface area contributed by atoms with Crippen LogP contribution in [0.3, 0.4) is 0 Å². The summed E-state index contributed by atoms with van der Waals surface area (Å²) in [7, 11) is -3.75. The summed E-state index contributed by atoms with van der Waals surface area (Å²) in [6.45, 7) is 4.05. The summed E-state index contributed by atoms with van der Waals surface area (Å²) < 4.78 is 41.6. The molecule has 2 rings (SSSR count). The molecule has 0 fully saturated rings. The molecule has 2 aromatic rings. The van der Waals surface area contributed by atoms with Gasteiger partial charge in [0, 0.05) is 16.6 Å². The second kappa shape index (κ2) is 8.10. The third kappa shape index (κ3) is 5.30. The standard InChI is InChI=1S/C18H21ClFNO2S/c1-13(2)11-18(14-7-4-3-5-8-14)21-24(22,23)12-15-16(19)9-6-10-17(15)20/h3-10,13,18,21H,11-12H2,1-2H3/t18-/m1/s1. The Balaban J connectivity index is 2.24. The highest BCUT2D eigenvalue weighted by atomic mass is 35.5. The zero-order valence-electron chi connectivity index (χ0n) is 13.7. The van der Waals surface area contributed by atoms with E-state index in [-0.39, 0.29) is 16.6 Å². The molecule has 0 amide bonds. The molecule has 3 nitrogen and oxygen atoms in total. The maximum atomic E-state index is 13.9. The SMILES string of the molecule is CC(C)C[C@@H](NS(=O)(=O)Cc1c(F)cccc1Cl)c1ccccc1. The lowest BCUT2D eigenvalue weighted by Crippen LogP contribution is -2.31. The topological polar surface area (TPSA) is 46.2 Å². The van der Waals surface area contributed by atoms with Crippen LogP contribution >= 0.6 is 11.6 Å². The molecule has 1 N–H and O–H groups in total. The van der Waals surface area contributed by atoms with E-state index in [2.05, 4.69) is 4.72 Å². The summed E-state index contributed by atoms with van der Waals surface area (Å²) in [5.74, 6) is -0.803. The van der Waals surface area contributed by atoms with Gasteiger partial charge in [-0.1, -0.05) is 61.8 Å². The number of hydrogen-bond donors (Lipinski definition) is 1. The van der Waals surface area contributed by atoms with Crippen molar-refractivity contribution in [3.63, 3.8) is 0 Å². The Kier molecular flexibility index (Phi) is 6.38. The van der Waals surface area contributed by atoms with Gasteiger partial charge in [0.25, 0.3) is 0 Å². The Morgan fingerprint density at radius 2 is 1.75 bits per heavy atom. The zero-order valence-corrected chi connectivity index (χ0v) is 15.2. The number of benzene rings is 2. The van der Waals surface area contributed by atoms with Crippen molar-refractivity contribution >= 4 is 21.6 Å². The molecule has 0 spiro atoms. The van der Waals surface area contributed by atoms with Crippen LogP contribution in [0.4, 0.5) is 4.39 Å². The fourth-order valence-electron chi connectivity index (χ4n) is 2.53. The van der Waals surface area contributed by atoms with Crippen molar-refractivity contribution in [1.82, 2.24) is 4.72 Å². The Labute approximate surface area is 147 Å². The quantitative estimate of drug-likeness (QED) is 0.769. The molecule has 0 saturated heterocycles. The van der Waals surface area contributed by atoms with E-state index in [1.807, 2.05) is 44.2 Å². The smallest absolute Gasteiger partial charge is 0.212 e. The van der Waals surface area contributed by atoms with E-state index in [1.54, 1.807) is 0 Å². The molecule has 24 heavy (non-hydrogen) atoms. The molecule has 0 bridgehead atoms. The zero-order chi connectivity index (χ0) is 17.7. The Morgan fingerprint density at radius 3 is 2.33 bits per heavy atom. The Hall–Kier alpha value is -1.43. The molecule has 0 saturated carbocycles. The van der Waals surface area contributed by atoms with Crippen LogP contribution in [0.15, 0.2) is 48.5 Å². The molecule has 0 radical (unpaired) electrons. The molecule has 2 aromatic carbocycles. The van der Waals surface area contributed by atoms with Gasteiger partial charge >= 0.3 is 0 Å². The molecule has 0 aliphatic rings. The number of rotatable bonds is 7. The van der Waals surface area contributed by atoms with Crippen LogP contribution in [0.25, 0.3) is 0 Å². The van der Waals surface area contributed by atoms with Gasteiger partial charge in [-0.2, -0.15) is 0 Å². The van der Waals surface area contributed by atoms with Crippen LogP contribution in [0.1, 0.15) is 37.4 Å². The van der Waals surface area contributed by atoms with Crippen molar-refractivity contribution in [3.05, 3.63) is 70.5 Å². The number of nitrogens with one attached hydrogen (secondary N) is 1. The lowest BCUT2D eigenvalue weighted by Gasteiger charge is -2.21. The highest BCUT2D eigenvalue weighted by molar-refractivity contribution is 7.88. The largest absolute Gasteiger partial charge is 0.216 e. The molecule has 1 atom stereocenters. The highest BCUT2D eigenvalue weighted by Gasteiger charge is 2.23. The van der Waals surface area contributed by atoms with Crippen LogP contribution in [-0.2, 0) is 15.8 Å². The van der Waals surface area contributed by atoms with E-state index in [0.29, 0.717) is 12.3 Å². The highest BCUT2D eigenvalue weighted by Crippen LogP contribution is 2.25. The van der Waals surface area contributed by atoms with Crippen LogP contribution in [0.2, 0.25) is 5.02 Å². The van der Waals surface area contributed by atoms with Crippen LogP contribution < -0.4 is 4.72 Å². The van der Waals surface area contributed by atoms with E-state index in [9.17, 15) is 12.8 Å². The van der Waals surface area contributed by atoms with E-state index >= 15 is 0 Å². The summed E-state index contributed by atoms with van der Waals surface area (Å²) in [6.07, 6.45) is 0.647. The molecule has 6 heteroatoms. The first-order valence-electron chi connectivity index (χ1n) is 7.76. The van der Waals surface area contributed by atoms with Crippen molar-refractivity contribution in [3.8, 4) is 0 Å². The molecule has 0 aliphatic carbocycles. The summed E-state index contributed by atoms with van der Waals surface area (Å²) in [5, 5.41) is 0.112. The number of sulfonamides is 1.